The smallest absolute Gasteiger partial charge is 0.277 e. The van der Waals surface area contributed by atoms with Crippen LogP contribution in [0.4, 0.5) is 0 Å². The Kier molecular flexibility index (Phi) is 8.65. The van der Waals surface area contributed by atoms with Crippen LogP contribution in [0.5, 0.6) is 23.0 Å². The van der Waals surface area contributed by atoms with Gasteiger partial charge in [0.15, 0.2) is 29.6 Å². The molecule has 0 heterocycles. The standard InChI is InChI=1S/C21H26N2O5/c1-4-25-17-9-7-8-10-18(17)28-15-21(24)23-22-14-16-11-12-19(26-5-2)20(13-16)27-6-3/h7-14H,4-6,15H2,1-3H3,(H,23,24)/b22-14+. The maximum absolute atomic E-state index is 11.9. The van der Waals surface area contributed by atoms with Crippen LogP contribution >= 0.6 is 0 Å². The third-order valence-electron chi connectivity index (χ3n) is 3.48. The molecule has 2 aromatic rings. The largest absolute Gasteiger partial charge is 0.490 e. The minimum Gasteiger partial charge on any atom is -0.490 e. The van der Waals surface area contributed by atoms with Crippen LogP contribution in [0.3, 0.4) is 0 Å². The Morgan fingerprint density at radius 1 is 0.857 bits per heavy atom. The van der Waals surface area contributed by atoms with E-state index in [9.17, 15) is 4.79 Å². The molecule has 0 unspecified atom stereocenters. The Hall–Kier alpha value is -3.22. The molecule has 0 radical (unpaired) electrons. The summed E-state index contributed by atoms with van der Waals surface area (Å²) < 4.78 is 22.1. The molecular weight excluding hydrogens is 360 g/mol. The molecule has 0 atom stereocenters. The highest BCUT2D eigenvalue weighted by molar-refractivity contribution is 5.83. The summed E-state index contributed by atoms with van der Waals surface area (Å²) in [6, 6.07) is 12.6. The summed E-state index contributed by atoms with van der Waals surface area (Å²) in [5, 5.41) is 3.96. The molecule has 0 aromatic heterocycles. The lowest BCUT2D eigenvalue weighted by molar-refractivity contribution is -0.123. The summed E-state index contributed by atoms with van der Waals surface area (Å²) in [4.78, 5) is 11.9. The van der Waals surface area contributed by atoms with Gasteiger partial charge in [-0.2, -0.15) is 5.10 Å². The van der Waals surface area contributed by atoms with Crippen molar-refractivity contribution in [2.45, 2.75) is 20.8 Å². The molecule has 150 valence electrons. The van der Waals surface area contributed by atoms with Crippen LogP contribution in [0.2, 0.25) is 0 Å². The van der Waals surface area contributed by atoms with E-state index in [1.54, 1.807) is 18.2 Å². The number of carbonyl (C=O) groups is 1. The van der Waals surface area contributed by atoms with E-state index in [0.717, 1.165) is 5.56 Å². The Labute approximate surface area is 165 Å². The first-order valence-corrected chi connectivity index (χ1v) is 9.24. The molecule has 0 aliphatic rings. The third kappa shape index (κ3) is 6.50. The summed E-state index contributed by atoms with van der Waals surface area (Å²) in [6.45, 7) is 7.12. The van der Waals surface area contributed by atoms with Crippen molar-refractivity contribution in [2.24, 2.45) is 5.10 Å². The predicted octanol–water partition coefficient (Wildman–Crippen LogP) is 3.41. The fourth-order valence-corrected chi connectivity index (χ4v) is 2.35. The van der Waals surface area contributed by atoms with Crippen molar-refractivity contribution in [3.8, 4) is 23.0 Å². The molecule has 7 nitrogen and oxygen atoms in total. The van der Waals surface area contributed by atoms with E-state index in [4.69, 9.17) is 18.9 Å². The highest BCUT2D eigenvalue weighted by Gasteiger charge is 2.07. The second-order valence-electron chi connectivity index (χ2n) is 5.53. The average molecular weight is 386 g/mol. The van der Waals surface area contributed by atoms with E-state index in [1.807, 2.05) is 45.0 Å². The lowest BCUT2D eigenvalue weighted by atomic mass is 10.2. The van der Waals surface area contributed by atoms with E-state index in [-0.39, 0.29) is 12.5 Å². The Morgan fingerprint density at radius 2 is 1.43 bits per heavy atom. The lowest BCUT2D eigenvalue weighted by Gasteiger charge is -2.11. The molecule has 0 saturated carbocycles. The van der Waals surface area contributed by atoms with Crippen molar-refractivity contribution < 1.29 is 23.7 Å². The highest BCUT2D eigenvalue weighted by Crippen LogP contribution is 2.28. The zero-order valence-corrected chi connectivity index (χ0v) is 16.4. The number of nitrogens with one attached hydrogen (secondary N) is 1. The molecule has 0 aliphatic carbocycles. The quantitative estimate of drug-likeness (QED) is 0.473. The Balaban J connectivity index is 1.90. The van der Waals surface area contributed by atoms with Crippen LogP contribution in [-0.4, -0.2) is 38.5 Å². The van der Waals surface area contributed by atoms with Crippen molar-refractivity contribution in [2.75, 3.05) is 26.4 Å². The highest BCUT2D eigenvalue weighted by atomic mass is 16.5. The molecule has 0 saturated heterocycles. The van der Waals surface area contributed by atoms with Gasteiger partial charge in [0.2, 0.25) is 0 Å². The van der Waals surface area contributed by atoms with Crippen molar-refractivity contribution >= 4 is 12.1 Å². The number of ether oxygens (including phenoxy) is 4. The first-order chi connectivity index (χ1) is 13.7. The fourth-order valence-electron chi connectivity index (χ4n) is 2.35. The second kappa shape index (κ2) is 11.5. The van der Waals surface area contributed by atoms with Gasteiger partial charge in [-0.1, -0.05) is 12.1 Å². The molecule has 0 fully saturated rings. The molecule has 0 aliphatic heterocycles. The van der Waals surface area contributed by atoms with Crippen LogP contribution in [-0.2, 0) is 4.79 Å². The number of rotatable bonds is 11. The Bertz CT molecular complexity index is 792. The van der Waals surface area contributed by atoms with Gasteiger partial charge in [-0.05, 0) is 56.7 Å². The topological polar surface area (TPSA) is 78.4 Å². The molecule has 28 heavy (non-hydrogen) atoms. The third-order valence-corrected chi connectivity index (χ3v) is 3.48. The van der Waals surface area contributed by atoms with Gasteiger partial charge in [-0.15, -0.1) is 0 Å². The molecular formula is C21H26N2O5. The number of nitrogens with zero attached hydrogens (tertiary/aromatic N) is 1. The fraction of sp³-hybridized carbons (Fsp3) is 0.333. The molecule has 2 aromatic carbocycles. The van der Waals surface area contributed by atoms with Crippen LogP contribution in [0.15, 0.2) is 47.6 Å². The van der Waals surface area contributed by atoms with Gasteiger partial charge in [0.05, 0.1) is 26.0 Å². The predicted molar refractivity (Wildman–Crippen MR) is 108 cm³/mol. The van der Waals surface area contributed by atoms with Gasteiger partial charge in [-0.3, -0.25) is 4.79 Å². The van der Waals surface area contributed by atoms with Crippen molar-refractivity contribution in [1.29, 1.82) is 0 Å². The van der Waals surface area contributed by atoms with Gasteiger partial charge in [-0.25, -0.2) is 5.43 Å². The van der Waals surface area contributed by atoms with Gasteiger partial charge in [0.25, 0.3) is 5.91 Å². The monoisotopic (exact) mass is 386 g/mol. The summed E-state index contributed by atoms with van der Waals surface area (Å²) in [7, 11) is 0. The summed E-state index contributed by atoms with van der Waals surface area (Å²) in [6.07, 6.45) is 1.53. The number of hydrogen-bond acceptors (Lipinski definition) is 6. The summed E-state index contributed by atoms with van der Waals surface area (Å²) in [5.74, 6) is 2.04. The number of benzene rings is 2. The second-order valence-corrected chi connectivity index (χ2v) is 5.53. The summed E-state index contributed by atoms with van der Waals surface area (Å²) >= 11 is 0. The SMILES string of the molecule is CCOc1ccc(/C=N/NC(=O)COc2ccccc2OCC)cc1OCC. The van der Waals surface area contributed by atoms with Crippen LogP contribution in [0, 0.1) is 0 Å². The van der Waals surface area contributed by atoms with Gasteiger partial charge >= 0.3 is 0 Å². The Morgan fingerprint density at radius 3 is 2.07 bits per heavy atom. The molecule has 1 N–H and O–H groups in total. The molecule has 0 spiro atoms. The van der Waals surface area contributed by atoms with Crippen LogP contribution in [0.1, 0.15) is 26.3 Å². The molecule has 7 heteroatoms. The van der Waals surface area contributed by atoms with Gasteiger partial charge < -0.3 is 18.9 Å². The first kappa shape index (κ1) is 21.1. The van der Waals surface area contributed by atoms with E-state index in [2.05, 4.69) is 10.5 Å². The zero-order valence-electron chi connectivity index (χ0n) is 16.4. The number of amides is 1. The van der Waals surface area contributed by atoms with Crippen LogP contribution in [0.25, 0.3) is 0 Å². The van der Waals surface area contributed by atoms with Crippen molar-refractivity contribution in [3.63, 3.8) is 0 Å². The minimum absolute atomic E-state index is 0.172. The summed E-state index contributed by atoms with van der Waals surface area (Å²) in [5.41, 5.74) is 3.21. The van der Waals surface area contributed by atoms with E-state index in [1.165, 1.54) is 6.21 Å². The minimum atomic E-state index is -0.376. The number of para-hydroxylation sites is 2. The maximum atomic E-state index is 11.9. The van der Waals surface area contributed by atoms with Crippen molar-refractivity contribution in [3.05, 3.63) is 48.0 Å². The first-order valence-electron chi connectivity index (χ1n) is 9.24. The number of hydrogen-bond donors (Lipinski definition) is 1. The molecule has 1 amide bonds. The molecule has 2 rings (SSSR count). The van der Waals surface area contributed by atoms with Gasteiger partial charge in [0.1, 0.15) is 0 Å². The number of carbonyl (C=O) groups excluding carboxylic acids is 1. The normalized spacial score (nSPS) is 10.5. The van der Waals surface area contributed by atoms with E-state index >= 15 is 0 Å². The lowest BCUT2D eigenvalue weighted by Crippen LogP contribution is -2.24. The molecule has 0 bridgehead atoms. The van der Waals surface area contributed by atoms with Crippen molar-refractivity contribution in [1.82, 2.24) is 5.43 Å². The average Bonchev–Trinajstić information content (AvgIpc) is 2.70. The van der Waals surface area contributed by atoms with E-state index in [0.29, 0.717) is 42.8 Å². The van der Waals surface area contributed by atoms with Crippen LogP contribution < -0.4 is 24.4 Å². The van der Waals surface area contributed by atoms with E-state index < -0.39 is 0 Å². The zero-order chi connectivity index (χ0) is 20.2. The maximum Gasteiger partial charge on any atom is 0.277 e. The van der Waals surface area contributed by atoms with Gasteiger partial charge in [0, 0.05) is 0 Å². The number of hydrazone groups is 1.